The maximum atomic E-state index is 6.60. The predicted octanol–water partition coefficient (Wildman–Crippen LogP) is 16.3. The van der Waals surface area contributed by atoms with Crippen molar-refractivity contribution in [1.82, 2.24) is 19.5 Å². The maximum Gasteiger partial charge on any atom is 0.164 e. The van der Waals surface area contributed by atoms with Crippen molar-refractivity contribution in [3.05, 3.63) is 194 Å². The SMILES string of the molecule is c1ccc(-n2c3ccccc3c3cc(-c4ccc5oc6cccc(-c7nc(-c8ccc9sc%10ccccc%10c9c8)nc(-c8ccc9sc%10ccccc%10c9c8)n7)c6c5c4)ccc32)cc1. The number of nitrogens with zero attached hydrogens (tertiary/aromatic N) is 4. The molecular formula is C57H32N4OS2. The highest BCUT2D eigenvalue weighted by atomic mass is 32.1. The second kappa shape index (κ2) is 13.8. The molecule has 5 aromatic heterocycles. The van der Waals surface area contributed by atoms with E-state index in [0.29, 0.717) is 17.5 Å². The van der Waals surface area contributed by atoms with Crippen molar-refractivity contribution >= 4 is 107 Å². The van der Waals surface area contributed by atoms with Gasteiger partial charge in [-0.05, 0) is 108 Å². The van der Waals surface area contributed by atoms with Crippen LogP contribution in [0.5, 0.6) is 0 Å². The van der Waals surface area contributed by atoms with Crippen LogP contribution in [-0.2, 0) is 0 Å². The first-order valence-electron chi connectivity index (χ1n) is 21.3. The molecular weight excluding hydrogens is 821 g/mol. The van der Waals surface area contributed by atoms with Crippen LogP contribution in [0.4, 0.5) is 0 Å². The Labute approximate surface area is 373 Å². The number of hydrogen-bond acceptors (Lipinski definition) is 6. The van der Waals surface area contributed by atoms with E-state index in [1.807, 2.05) is 34.8 Å². The summed E-state index contributed by atoms with van der Waals surface area (Å²) in [5, 5.41) is 9.29. The molecule has 14 rings (SSSR count). The second-order valence-corrected chi connectivity index (χ2v) is 18.5. The summed E-state index contributed by atoms with van der Waals surface area (Å²) in [6, 6.07) is 69.1. The van der Waals surface area contributed by atoms with Crippen molar-refractivity contribution in [2.45, 2.75) is 0 Å². The molecule has 0 aliphatic carbocycles. The largest absolute Gasteiger partial charge is 0.456 e. The van der Waals surface area contributed by atoms with Gasteiger partial charge in [0.25, 0.3) is 0 Å². The minimum absolute atomic E-state index is 0.597. The third kappa shape index (κ3) is 5.45. The summed E-state index contributed by atoms with van der Waals surface area (Å²) in [5.41, 5.74) is 10.1. The Morgan fingerprint density at radius 3 is 1.58 bits per heavy atom. The van der Waals surface area contributed by atoms with Crippen molar-refractivity contribution in [2.75, 3.05) is 0 Å². The standard InChI is InChI=1S/C57H32N4OS2/c1-2-11-37(12-3-1)61-46-17-7-4-13-38(46)42-29-33(21-25-47(42)61)34-22-26-48-45(30-34)54-41(16-10-18-49(54)62-48)57-59-55(35-23-27-52-43(31-35)39-14-5-8-19-50(39)63-52)58-56(60-57)36-24-28-53-44(32-36)40-15-6-9-20-51(40)64-53/h1-32H. The Balaban J connectivity index is 0.965. The van der Waals surface area contributed by atoms with Crippen molar-refractivity contribution < 1.29 is 4.42 Å². The van der Waals surface area contributed by atoms with Gasteiger partial charge < -0.3 is 8.98 Å². The summed E-state index contributed by atoms with van der Waals surface area (Å²) in [4.78, 5) is 15.9. The summed E-state index contributed by atoms with van der Waals surface area (Å²) in [7, 11) is 0. The van der Waals surface area contributed by atoms with Crippen LogP contribution in [0, 0.1) is 0 Å². The first-order chi connectivity index (χ1) is 31.7. The van der Waals surface area contributed by atoms with E-state index in [4.69, 9.17) is 19.4 Å². The summed E-state index contributed by atoms with van der Waals surface area (Å²) in [5.74, 6) is 1.85. The summed E-state index contributed by atoms with van der Waals surface area (Å²) in [6.45, 7) is 0. The van der Waals surface area contributed by atoms with Gasteiger partial charge in [-0.1, -0.05) is 97.1 Å². The van der Waals surface area contributed by atoms with Crippen LogP contribution in [0.25, 0.3) is 135 Å². The molecule has 7 heteroatoms. The van der Waals surface area contributed by atoms with Crippen LogP contribution in [-0.4, -0.2) is 19.5 Å². The predicted molar refractivity (Wildman–Crippen MR) is 269 cm³/mol. The molecule has 0 atom stereocenters. The topological polar surface area (TPSA) is 56.7 Å². The quantitative estimate of drug-likeness (QED) is 0.173. The molecule has 0 saturated heterocycles. The summed E-state index contributed by atoms with van der Waals surface area (Å²) in [6.07, 6.45) is 0. The zero-order valence-electron chi connectivity index (χ0n) is 34.0. The summed E-state index contributed by atoms with van der Waals surface area (Å²) >= 11 is 3.62. The molecule has 5 heterocycles. The average Bonchev–Trinajstić information content (AvgIpc) is 4.12. The third-order valence-electron chi connectivity index (χ3n) is 12.7. The van der Waals surface area contributed by atoms with E-state index in [9.17, 15) is 0 Å². The molecule has 0 N–H and O–H groups in total. The van der Waals surface area contributed by atoms with Gasteiger partial charge in [0.2, 0.25) is 0 Å². The summed E-state index contributed by atoms with van der Waals surface area (Å²) < 4.78 is 14.0. The van der Waals surface area contributed by atoms with Gasteiger partial charge in [0.05, 0.1) is 11.0 Å². The normalized spacial score (nSPS) is 12.1. The Bertz CT molecular complexity index is 4080. The molecule has 9 aromatic carbocycles. The molecule has 0 aliphatic heterocycles. The first-order valence-corrected chi connectivity index (χ1v) is 23.0. The Kier molecular flexibility index (Phi) is 7.66. The number of hydrogen-bond donors (Lipinski definition) is 0. The highest BCUT2D eigenvalue weighted by molar-refractivity contribution is 7.26. The number of para-hydroxylation sites is 2. The fraction of sp³-hybridized carbons (Fsp3) is 0. The van der Waals surface area contributed by atoms with Crippen LogP contribution >= 0.6 is 22.7 Å². The van der Waals surface area contributed by atoms with Crippen molar-refractivity contribution in [3.63, 3.8) is 0 Å². The number of aromatic nitrogens is 4. The van der Waals surface area contributed by atoms with Gasteiger partial charge in [-0.2, -0.15) is 0 Å². The zero-order chi connectivity index (χ0) is 41.9. The fourth-order valence-electron chi connectivity index (χ4n) is 9.69. The molecule has 298 valence electrons. The van der Waals surface area contributed by atoms with Gasteiger partial charge >= 0.3 is 0 Å². The molecule has 0 radical (unpaired) electrons. The Hall–Kier alpha value is -7.97. The Morgan fingerprint density at radius 1 is 0.344 bits per heavy atom. The van der Waals surface area contributed by atoms with E-state index in [1.54, 1.807) is 0 Å². The van der Waals surface area contributed by atoms with Gasteiger partial charge in [-0.3, -0.25) is 0 Å². The molecule has 0 bridgehead atoms. The van der Waals surface area contributed by atoms with Crippen LogP contribution in [0.15, 0.2) is 199 Å². The lowest BCUT2D eigenvalue weighted by Crippen LogP contribution is -2.00. The monoisotopic (exact) mass is 852 g/mol. The number of benzene rings is 9. The Morgan fingerprint density at radius 2 is 0.875 bits per heavy atom. The van der Waals surface area contributed by atoms with Crippen LogP contribution in [0.1, 0.15) is 0 Å². The van der Waals surface area contributed by atoms with Gasteiger partial charge in [0.15, 0.2) is 17.5 Å². The van der Waals surface area contributed by atoms with Gasteiger partial charge in [0.1, 0.15) is 11.2 Å². The van der Waals surface area contributed by atoms with E-state index in [2.05, 4.69) is 187 Å². The van der Waals surface area contributed by atoms with Gasteiger partial charge in [-0.25, -0.2) is 15.0 Å². The maximum absolute atomic E-state index is 6.60. The van der Waals surface area contributed by atoms with E-state index in [-0.39, 0.29) is 0 Å². The van der Waals surface area contributed by atoms with Gasteiger partial charge in [-0.15, -0.1) is 22.7 Å². The number of furan rings is 1. The molecule has 0 unspecified atom stereocenters. The molecule has 14 aromatic rings. The molecule has 64 heavy (non-hydrogen) atoms. The highest BCUT2D eigenvalue weighted by Gasteiger charge is 2.20. The molecule has 0 spiro atoms. The van der Waals surface area contributed by atoms with Crippen molar-refractivity contribution in [3.8, 4) is 51.0 Å². The lowest BCUT2D eigenvalue weighted by atomic mass is 9.99. The highest BCUT2D eigenvalue weighted by Crippen LogP contribution is 2.42. The molecule has 0 fully saturated rings. The zero-order valence-corrected chi connectivity index (χ0v) is 35.6. The molecule has 0 saturated carbocycles. The number of fused-ring (bicyclic) bond motifs is 12. The lowest BCUT2D eigenvalue weighted by molar-refractivity contribution is 0.669. The second-order valence-electron chi connectivity index (χ2n) is 16.3. The first kappa shape index (κ1) is 35.6. The van der Waals surface area contributed by atoms with E-state index >= 15 is 0 Å². The van der Waals surface area contributed by atoms with E-state index in [0.717, 1.165) is 55.4 Å². The number of rotatable bonds is 5. The molecule has 0 amide bonds. The lowest BCUT2D eigenvalue weighted by Gasteiger charge is -2.10. The average molecular weight is 853 g/mol. The number of thiophene rings is 2. The van der Waals surface area contributed by atoms with Gasteiger partial charge in [0, 0.05) is 84.3 Å². The van der Waals surface area contributed by atoms with E-state index < -0.39 is 0 Å². The molecule has 0 aliphatic rings. The minimum atomic E-state index is 0.597. The van der Waals surface area contributed by atoms with Crippen LogP contribution in [0.3, 0.4) is 0 Å². The smallest absolute Gasteiger partial charge is 0.164 e. The van der Waals surface area contributed by atoms with E-state index in [1.165, 1.54) is 62.2 Å². The molecule has 5 nitrogen and oxygen atoms in total. The fourth-order valence-corrected chi connectivity index (χ4v) is 11.9. The van der Waals surface area contributed by atoms with Crippen molar-refractivity contribution in [2.24, 2.45) is 0 Å². The van der Waals surface area contributed by atoms with Crippen molar-refractivity contribution in [1.29, 1.82) is 0 Å². The minimum Gasteiger partial charge on any atom is -0.456 e. The van der Waals surface area contributed by atoms with Crippen LogP contribution < -0.4 is 0 Å². The third-order valence-corrected chi connectivity index (χ3v) is 15.0. The van der Waals surface area contributed by atoms with Crippen LogP contribution in [0.2, 0.25) is 0 Å².